The van der Waals surface area contributed by atoms with Crippen molar-refractivity contribution in [2.45, 2.75) is 24.4 Å². The third kappa shape index (κ3) is 0.521. The van der Waals surface area contributed by atoms with E-state index >= 15 is 0 Å². The summed E-state index contributed by atoms with van der Waals surface area (Å²) in [6.07, 6.45) is -3.30. The summed E-state index contributed by atoms with van der Waals surface area (Å²) in [5.74, 6) is 0. The molecule has 2 heterocycles. The molecule has 0 N–H and O–H groups in total. The molecule has 1 saturated carbocycles. The van der Waals surface area contributed by atoms with E-state index in [2.05, 4.69) is 0 Å². The molecule has 0 atom stereocenters. The fourth-order valence-corrected chi connectivity index (χ4v) is 1.64. The highest BCUT2D eigenvalue weighted by atomic mass is 16.8. The third-order valence-electron chi connectivity index (χ3n) is 2.22. The highest BCUT2D eigenvalue weighted by Gasteiger charge is 2.67. The van der Waals surface area contributed by atoms with Crippen molar-refractivity contribution >= 4 is 12.3 Å². The van der Waals surface area contributed by atoms with E-state index in [1.165, 1.54) is 0 Å². The molecule has 64 valence electrons. The summed E-state index contributed by atoms with van der Waals surface area (Å²) in [6, 6.07) is 0. The number of ether oxygens (including phenoxy) is 4. The Labute approximate surface area is 66.3 Å². The zero-order chi connectivity index (χ0) is 8.29. The van der Waals surface area contributed by atoms with Crippen molar-refractivity contribution < 1.29 is 28.5 Å². The van der Waals surface area contributed by atoms with Crippen molar-refractivity contribution in [1.82, 2.24) is 0 Å². The van der Waals surface area contributed by atoms with E-state index in [0.717, 1.165) is 0 Å². The molecule has 0 aromatic heterocycles. The molecule has 0 aromatic carbocycles. The lowest BCUT2D eigenvalue weighted by Gasteiger charge is -2.33. The molecule has 6 nitrogen and oxygen atoms in total. The van der Waals surface area contributed by atoms with Crippen molar-refractivity contribution in [1.29, 1.82) is 0 Å². The van der Waals surface area contributed by atoms with Gasteiger partial charge in [-0.05, 0) is 0 Å². The van der Waals surface area contributed by atoms with Gasteiger partial charge >= 0.3 is 12.3 Å². The third-order valence-corrected chi connectivity index (χ3v) is 2.22. The van der Waals surface area contributed by atoms with Gasteiger partial charge in [-0.1, -0.05) is 0 Å². The molecule has 6 heteroatoms. The van der Waals surface area contributed by atoms with Crippen LogP contribution in [0.4, 0.5) is 9.59 Å². The molecule has 1 aliphatic carbocycles. The molecule has 3 fully saturated rings. The van der Waals surface area contributed by atoms with Gasteiger partial charge in [-0.15, -0.1) is 0 Å². The van der Waals surface area contributed by atoms with Crippen LogP contribution in [0, 0.1) is 0 Å². The van der Waals surface area contributed by atoms with E-state index in [1.54, 1.807) is 0 Å². The molecule has 2 saturated heterocycles. The van der Waals surface area contributed by atoms with Gasteiger partial charge in [0, 0.05) is 0 Å². The maximum absolute atomic E-state index is 10.6. The summed E-state index contributed by atoms with van der Waals surface area (Å²) >= 11 is 0. The molecule has 2 aliphatic heterocycles. The van der Waals surface area contributed by atoms with Gasteiger partial charge in [0.2, 0.25) is 0 Å². The predicted molar refractivity (Wildman–Crippen MR) is 30.3 cm³/mol. The molecule has 0 aromatic rings. The van der Waals surface area contributed by atoms with E-state index in [9.17, 15) is 9.59 Å². The van der Waals surface area contributed by atoms with Crippen molar-refractivity contribution in [3.05, 3.63) is 0 Å². The maximum Gasteiger partial charge on any atom is 0.509 e. The Bertz CT molecular complexity index is 213. The van der Waals surface area contributed by atoms with Crippen molar-refractivity contribution in [3.63, 3.8) is 0 Å². The minimum absolute atomic E-state index is 0.464. The predicted octanol–water partition coefficient (Wildman–Crippen LogP) is -0.192. The summed E-state index contributed by atoms with van der Waals surface area (Å²) < 4.78 is 18.8. The van der Waals surface area contributed by atoms with Crippen LogP contribution in [0.1, 0.15) is 0 Å². The van der Waals surface area contributed by atoms with E-state index in [1.807, 2.05) is 0 Å². The largest absolute Gasteiger partial charge is 0.509 e. The van der Waals surface area contributed by atoms with Gasteiger partial charge in [-0.3, -0.25) is 0 Å². The van der Waals surface area contributed by atoms with Crippen molar-refractivity contribution in [2.75, 3.05) is 0 Å². The number of fused-ring (bicyclic) bond motifs is 4. The van der Waals surface area contributed by atoms with Crippen LogP contribution in [0.2, 0.25) is 0 Å². The maximum atomic E-state index is 10.6. The van der Waals surface area contributed by atoms with Gasteiger partial charge in [-0.25, -0.2) is 9.59 Å². The van der Waals surface area contributed by atoms with Crippen LogP contribution < -0.4 is 0 Å². The molecular weight excluding hydrogens is 168 g/mol. The molecular formula is C6H4O6. The fraction of sp³-hybridized carbons (Fsp3) is 0.667. The molecule has 3 rings (SSSR count). The van der Waals surface area contributed by atoms with E-state index in [-0.39, 0.29) is 0 Å². The molecule has 3 aliphatic rings. The molecule has 0 bridgehead atoms. The highest BCUT2D eigenvalue weighted by Crippen LogP contribution is 2.41. The summed E-state index contributed by atoms with van der Waals surface area (Å²) in [5.41, 5.74) is 0. The lowest BCUT2D eigenvalue weighted by Crippen LogP contribution is -2.60. The van der Waals surface area contributed by atoms with Gasteiger partial charge < -0.3 is 18.9 Å². The van der Waals surface area contributed by atoms with Crippen LogP contribution >= 0.6 is 0 Å². The summed E-state index contributed by atoms with van der Waals surface area (Å²) in [4.78, 5) is 21.2. The molecule has 0 amide bonds. The van der Waals surface area contributed by atoms with Crippen LogP contribution in [0.3, 0.4) is 0 Å². The van der Waals surface area contributed by atoms with E-state index in [0.29, 0.717) is 0 Å². The number of rotatable bonds is 0. The first-order chi connectivity index (χ1) is 5.75. The zero-order valence-corrected chi connectivity index (χ0v) is 5.76. The standard InChI is InChI=1S/C6H4O6/c7-5-9-1-2(10-5)4-3(1)11-6(8)12-4/h1-4H. The topological polar surface area (TPSA) is 71.1 Å². The number of hydrogen-bond acceptors (Lipinski definition) is 6. The monoisotopic (exact) mass is 172 g/mol. The summed E-state index contributed by atoms with van der Waals surface area (Å²) in [7, 11) is 0. The SMILES string of the molecule is O=C1OC2C(O1)C1OC(=O)OC21. The van der Waals surface area contributed by atoms with Gasteiger partial charge in [0.05, 0.1) is 0 Å². The number of carbonyl (C=O) groups excluding carboxylic acids is 2. The quantitative estimate of drug-likeness (QED) is 0.471. The Kier molecular flexibility index (Phi) is 0.838. The van der Waals surface area contributed by atoms with Crippen molar-refractivity contribution in [2.24, 2.45) is 0 Å². The smallest absolute Gasteiger partial charge is 0.423 e. The van der Waals surface area contributed by atoms with Crippen LogP contribution in [-0.4, -0.2) is 36.7 Å². The first-order valence-corrected chi connectivity index (χ1v) is 3.50. The lowest BCUT2D eigenvalue weighted by atomic mass is 9.85. The van der Waals surface area contributed by atoms with Crippen LogP contribution in [-0.2, 0) is 18.9 Å². The second-order valence-corrected chi connectivity index (χ2v) is 2.83. The van der Waals surface area contributed by atoms with Gasteiger partial charge in [0.1, 0.15) is 0 Å². The number of hydrogen-bond donors (Lipinski definition) is 0. The molecule has 0 radical (unpaired) electrons. The Hall–Kier alpha value is -1.46. The zero-order valence-electron chi connectivity index (χ0n) is 5.76. The molecule has 12 heavy (non-hydrogen) atoms. The first kappa shape index (κ1) is 6.10. The van der Waals surface area contributed by atoms with Crippen molar-refractivity contribution in [3.8, 4) is 0 Å². The van der Waals surface area contributed by atoms with Crippen LogP contribution in [0.15, 0.2) is 0 Å². The fourth-order valence-electron chi connectivity index (χ4n) is 1.64. The minimum Gasteiger partial charge on any atom is -0.423 e. The second kappa shape index (κ2) is 1.65. The van der Waals surface area contributed by atoms with Gasteiger partial charge in [-0.2, -0.15) is 0 Å². The molecule has 0 unspecified atom stereocenters. The van der Waals surface area contributed by atoms with E-state index < -0.39 is 36.7 Å². The Balaban J connectivity index is 1.85. The minimum atomic E-state index is -0.723. The van der Waals surface area contributed by atoms with E-state index in [4.69, 9.17) is 18.9 Å². The number of carbonyl (C=O) groups is 2. The van der Waals surface area contributed by atoms with Crippen LogP contribution in [0.5, 0.6) is 0 Å². The average molecular weight is 172 g/mol. The first-order valence-electron chi connectivity index (χ1n) is 3.50. The average Bonchev–Trinajstić information content (AvgIpc) is 2.51. The summed E-state index contributed by atoms with van der Waals surface area (Å²) in [5, 5.41) is 0. The normalized spacial score (nSPS) is 47.7. The Morgan fingerprint density at radius 3 is 1.17 bits per heavy atom. The van der Waals surface area contributed by atoms with Gasteiger partial charge in [0.15, 0.2) is 24.4 Å². The van der Waals surface area contributed by atoms with Gasteiger partial charge in [0.25, 0.3) is 0 Å². The molecule has 0 spiro atoms. The lowest BCUT2D eigenvalue weighted by molar-refractivity contribution is -0.106. The Morgan fingerprint density at radius 1 is 0.667 bits per heavy atom. The summed E-state index contributed by atoms with van der Waals surface area (Å²) in [6.45, 7) is 0. The Morgan fingerprint density at radius 2 is 0.917 bits per heavy atom. The second-order valence-electron chi connectivity index (χ2n) is 2.83. The van der Waals surface area contributed by atoms with Crippen LogP contribution in [0.25, 0.3) is 0 Å². The highest BCUT2D eigenvalue weighted by molar-refractivity contribution is 5.68.